The normalized spacial score (nSPS) is 14.5. The van der Waals surface area contributed by atoms with Gasteiger partial charge in [-0.15, -0.1) is 0 Å². The Labute approximate surface area is 133 Å². The van der Waals surface area contributed by atoms with Crippen molar-refractivity contribution in [2.24, 2.45) is 0 Å². The Morgan fingerprint density at radius 1 is 0.545 bits per heavy atom. The van der Waals surface area contributed by atoms with Gasteiger partial charge in [-0.1, -0.05) is 0 Å². The molecular weight excluding hydrogens is 268 g/mol. The van der Waals surface area contributed by atoms with E-state index in [0.29, 0.717) is 0 Å². The highest BCUT2D eigenvalue weighted by molar-refractivity contribution is 5.84. The lowest BCUT2D eigenvalue weighted by Gasteiger charge is -2.32. The van der Waals surface area contributed by atoms with E-state index in [-0.39, 0.29) is 0 Å². The van der Waals surface area contributed by atoms with Crippen LogP contribution in [0.4, 0.5) is 11.4 Å². The molecule has 0 fully saturated rings. The van der Waals surface area contributed by atoms with Crippen LogP contribution in [0.5, 0.6) is 0 Å². The number of hydrogen-bond acceptors (Lipinski definition) is 2. The molecule has 0 saturated heterocycles. The summed E-state index contributed by atoms with van der Waals surface area (Å²) >= 11 is 0. The Kier molecular flexibility index (Phi) is 2.97. The van der Waals surface area contributed by atoms with Gasteiger partial charge in [0.2, 0.25) is 0 Å². The average molecular weight is 292 g/mol. The standard InChI is InChI=1S/C20H24N2/c1-21(2)17-9-13-5-7-15-11-18(22(3)4)12-16-8-6-14(10-17)19(13)20(15)16/h9-12H,5-8H2,1-4H3. The zero-order valence-electron chi connectivity index (χ0n) is 14.0. The van der Waals surface area contributed by atoms with Gasteiger partial charge in [0, 0.05) is 39.6 Å². The van der Waals surface area contributed by atoms with Gasteiger partial charge in [-0.05, 0) is 83.3 Å². The van der Waals surface area contributed by atoms with Crippen LogP contribution in [-0.4, -0.2) is 28.2 Å². The minimum Gasteiger partial charge on any atom is -0.378 e. The van der Waals surface area contributed by atoms with Crippen LogP contribution in [0.15, 0.2) is 24.3 Å². The SMILES string of the molecule is CN(C)c1cc2c3c(c1)CCc1cc(N(C)C)cc(c1-3)CC2. The maximum absolute atomic E-state index is 2.40. The second-order valence-corrected chi connectivity index (χ2v) is 7.07. The van der Waals surface area contributed by atoms with Crippen LogP contribution in [0.2, 0.25) is 0 Å². The molecule has 0 saturated carbocycles. The lowest BCUT2D eigenvalue weighted by Crippen LogP contribution is -2.18. The topological polar surface area (TPSA) is 6.48 Å². The summed E-state index contributed by atoms with van der Waals surface area (Å²) in [6.45, 7) is 0. The number of rotatable bonds is 2. The molecule has 2 aromatic carbocycles. The second kappa shape index (κ2) is 4.77. The molecule has 0 aromatic heterocycles. The van der Waals surface area contributed by atoms with E-state index < -0.39 is 0 Å². The summed E-state index contributed by atoms with van der Waals surface area (Å²) in [5.74, 6) is 0. The summed E-state index contributed by atoms with van der Waals surface area (Å²) in [4.78, 5) is 4.47. The van der Waals surface area contributed by atoms with Crippen LogP contribution < -0.4 is 9.80 Å². The van der Waals surface area contributed by atoms with Gasteiger partial charge in [0.15, 0.2) is 0 Å². The lowest BCUT2D eigenvalue weighted by molar-refractivity contribution is 0.872. The van der Waals surface area contributed by atoms with Crippen molar-refractivity contribution in [3.63, 3.8) is 0 Å². The Balaban J connectivity index is 1.96. The molecule has 2 aliphatic rings. The quantitative estimate of drug-likeness (QED) is 0.833. The first-order valence-corrected chi connectivity index (χ1v) is 8.21. The van der Waals surface area contributed by atoms with Gasteiger partial charge in [0.1, 0.15) is 0 Å². The van der Waals surface area contributed by atoms with Crippen LogP contribution in [0, 0.1) is 0 Å². The summed E-state index contributed by atoms with van der Waals surface area (Å²) in [6, 6.07) is 9.60. The third-order valence-electron chi connectivity index (χ3n) is 5.18. The first-order chi connectivity index (χ1) is 10.5. The molecule has 0 radical (unpaired) electrons. The zero-order valence-corrected chi connectivity index (χ0v) is 14.0. The molecule has 0 unspecified atom stereocenters. The number of hydrogen-bond donors (Lipinski definition) is 0. The van der Waals surface area contributed by atoms with Gasteiger partial charge in [-0.2, -0.15) is 0 Å². The molecule has 0 bridgehead atoms. The fourth-order valence-electron chi connectivity index (χ4n) is 3.98. The third kappa shape index (κ3) is 1.93. The minimum absolute atomic E-state index is 1.17. The number of nitrogens with zero attached hydrogens (tertiary/aromatic N) is 2. The first kappa shape index (κ1) is 13.7. The van der Waals surface area contributed by atoms with Crippen molar-refractivity contribution >= 4 is 11.4 Å². The van der Waals surface area contributed by atoms with Crippen molar-refractivity contribution in [2.45, 2.75) is 25.7 Å². The van der Waals surface area contributed by atoms with Gasteiger partial charge in [-0.3, -0.25) is 0 Å². The predicted octanol–water partition coefficient (Wildman–Crippen LogP) is 3.68. The third-order valence-corrected chi connectivity index (χ3v) is 5.18. The minimum atomic E-state index is 1.17. The van der Waals surface area contributed by atoms with E-state index in [1.807, 2.05) is 0 Å². The first-order valence-electron chi connectivity index (χ1n) is 8.21. The van der Waals surface area contributed by atoms with Crippen molar-refractivity contribution in [1.29, 1.82) is 0 Å². The Bertz CT molecular complexity index is 641. The molecular formula is C20H24N2. The molecule has 0 spiro atoms. The summed E-state index contributed by atoms with van der Waals surface area (Å²) < 4.78 is 0. The van der Waals surface area contributed by atoms with E-state index in [1.54, 1.807) is 33.4 Å². The molecule has 0 atom stereocenters. The molecule has 114 valence electrons. The van der Waals surface area contributed by atoms with E-state index in [1.165, 1.54) is 37.1 Å². The lowest BCUT2D eigenvalue weighted by atomic mass is 9.75. The van der Waals surface area contributed by atoms with E-state index in [4.69, 9.17) is 0 Å². The maximum atomic E-state index is 2.40. The predicted molar refractivity (Wildman–Crippen MR) is 95.3 cm³/mol. The second-order valence-electron chi connectivity index (χ2n) is 7.07. The van der Waals surface area contributed by atoms with Crippen LogP contribution in [0.1, 0.15) is 22.3 Å². The molecule has 0 amide bonds. The monoisotopic (exact) mass is 292 g/mol. The Hall–Kier alpha value is -1.96. The fourth-order valence-corrected chi connectivity index (χ4v) is 3.98. The van der Waals surface area contributed by atoms with Gasteiger partial charge < -0.3 is 9.80 Å². The van der Waals surface area contributed by atoms with Gasteiger partial charge in [0.05, 0.1) is 0 Å². The van der Waals surface area contributed by atoms with Crippen LogP contribution in [0.25, 0.3) is 11.1 Å². The Morgan fingerprint density at radius 3 is 1.05 bits per heavy atom. The van der Waals surface area contributed by atoms with Crippen LogP contribution >= 0.6 is 0 Å². The summed E-state index contributed by atoms with van der Waals surface area (Å²) in [5, 5.41) is 0. The summed E-state index contributed by atoms with van der Waals surface area (Å²) in [7, 11) is 8.57. The molecule has 2 aliphatic carbocycles. The fraction of sp³-hybridized carbons (Fsp3) is 0.400. The van der Waals surface area contributed by atoms with Crippen molar-refractivity contribution in [3.8, 4) is 11.1 Å². The molecule has 2 heteroatoms. The van der Waals surface area contributed by atoms with Crippen molar-refractivity contribution in [2.75, 3.05) is 38.0 Å². The molecule has 0 heterocycles. The van der Waals surface area contributed by atoms with Gasteiger partial charge >= 0.3 is 0 Å². The maximum Gasteiger partial charge on any atom is 0.0366 e. The number of anilines is 2. The molecule has 2 nitrogen and oxygen atoms in total. The van der Waals surface area contributed by atoms with Crippen LogP contribution in [0.3, 0.4) is 0 Å². The van der Waals surface area contributed by atoms with Crippen molar-refractivity contribution < 1.29 is 0 Å². The molecule has 4 rings (SSSR count). The molecule has 2 aromatic rings. The van der Waals surface area contributed by atoms with Gasteiger partial charge in [-0.25, -0.2) is 0 Å². The number of benzene rings is 2. The van der Waals surface area contributed by atoms with Gasteiger partial charge in [0.25, 0.3) is 0 Å². The highest BCUT2D eigenvalue weighted by atomic mass is 15.1. The average Bonchev–Trinajstić information content (AvgIpc) is 2.51. The smallest absolute Gasteiger partial charge is 0.0366 e. The van der Waals surface area contributed by atoms with Crippen molar-refractivity contribution in [1.82, 2.24) is 0 Å². The zero-order chi connectivity index (χ0) is 15.4. The van der Waals surface area contributed by atoms with E-state index in [0.717, 1.165) is 0 Å². The van der Waals surface area contributed by atoms with E-state index in [9.17, 15) is 0 Å². The van der Waals surface area contributed by atoms with E-state index in [2.05, 4.69) is 62.3 Å². The molecule has 0 aliphatic heterocycles. The Morgan fingerprint density at radius 2 is 0.818 bits per heavy atom. The summed E-state index contributed by atoms with van der Waals surface area (Å²) in [6.07, 6.45) is 4.70. The van der Waals surface area contributed by atoms with E-state index >= 15 is 0 Å². The summed E-state index contributed by atoms with van der Waals surface area (Å²) in [5.41, 5.74) is 12.0. The van der Waals surface area contributed by atoms with Crippen LogP contribution in [-0.2, 0) is 25.7 Å². The highest BCUT2D eigenvalue weighted by Crippen LogP contribution is 2.45. The van der Waals surface area contributed by atoms with Crippen molar-refractivity contribution in [3.05, 3.63) is 46.5 Å². The number of aryl methyl sites for hydroxylation is 4. The molecule has 0 N–H and O–H groups in total. The highest BCUT2D eigenvalue weighted by Gasteiger charge is 2.27. The largest absolute Gasteiger partial charge is 0.378 e. The molecule has 22 heavy (non-hydrogen) atoms.